The second-order valence-electron chi connectivity index (χ2n) is 6.91. The highest BCUT2D eigenvalue weighted by atomic mass is 35.5. The number of para-hydroxylation sites is 1. The van der Waals surface area contributed by atoms with Crippen molar-refractivity contribution < 1.29 is 9.53 Å². The van der Waals surface area contributed by atoms with Gasteiger partial charge in [0.1, 0.15) is 18.1 Å². The largest absolute Gasteiger partial charge is 0.488 e. The maximum atomic E-state index is 12.5. The number of nitrogens with one attached hydrogen (secondary N) is 2. The molecule has 0 aliphatic heterocycles. The number of hydrogen-bond donors (Lipinski definition) is 2. The number of halogens is 3. The van der Waals surface area contributed by atoms with Crippen LogP contribution in [0.4, 0.5) is 0 Å². The molecule has 0 radical (unpaired) electrons. The molecule has 9 heteroatoms. The monoisotopic (exact) mass is 498 g/mol. The molecule has 0 unspecified atom stereocenters. The summed E-state index contributed by atoms with van der Waals surface area (Å²) in [5.74, 6) is 0.163. The Hall–Kier alpha value is -3.32. The Labute approximate surface area is 205 Å². The van der Waals surface area contributed by atoms with E-state index in [2.05, 4.69) is 20.7 Å². The van der Waals surface area contributed by atoms with Gasteiger partial charge in [-0.2, -0.15) is 10.2 Å². The highest BCUT2D eigenvalue weighted by Crippen LogP contribution is 2.30. The van der Waals surface area contributed by atoms with Crippen LogP contribution >= 0.6 is 34.8 Å². The SMILES string of the molecule is O=C(N/N=C\c1ccc(Cl)cc1Cl)c1cc(-c2ccccc2OCc2ccccc2Cl)n[nH]1. The summed E-state index contributed by atoms with van der Waals surface area (Å²) in [4.78, 5) is 12.5. The van der Waals surface area contributed by atoms with Gasteiger partial charge >= 0.3 is 0 Å². The molecule has 2 N–H and O–H groups in total. The van der Waals surface area contributed by atoms with E-state index >= 15 is 0 Å². The average molecular weight is 500 g/mol. The second-order valence-corrected chi connectivity index (χ2v) is 8.16. The number of carbonyl (C=O) groups is 1. The van der Waals surface area contributed by atoms with Crippen molar-refractivity contribution in [1.29, 1.82) is 0 Å². The minimum atomic E-state index is -0.454. The van der Waals surface area contributed by atoms with Crippen molar-refractivity contribution in [3.63, 3.8) is 0 Å². The smallest absolute Gasteiger partial charge is 0.289 e. The third kappa shape index (κ3) is 5.73. The molecule has 0 bridgehead atoms. The molecule has 0 saturated carbocycles. The van der Waals surface area contributed by atoms with E-state index in [1.54, 1.807) is 24.3 Å². The first-order valence-electron chi connectivity index (χ1n) is 9.81. The molecule has 4 aromatic rings. The minimum absolute atomic E-state index is 0.241. The van der Waals surface area contributed by atoms with Crippen LogP contribution in [0.2, 0.25) is 15.1 Å². The average Bonchev–Trinajstić information content (AvgIpc) is 3.30. The van der Waals surface area contributed by atoms with Gasteiger partial charge in [0.2, 0.25) is 0 Å². The lowest BCUT2D eigenvalue weighted by Crippen LogP contribution is -2.18. The molecule has 1 aromatic heterocycles. The molecule has 6 nitrogen and oxygen atoms in total. The number of rotatable bonds is 7. The summed E-state index contributed by atoms with van der Waals surface area (Å²) in [5, 5.41) is 12.5. The minimum Gasteiger partial charge on any atom is -0.488 e. The van der Waals surface area contributed by atoms with E-state index in [0.717, 1.165) is 11.1 Å². The number of carbonyl (C=O) groups excluding carboxylic acids is 1. The molecular formula is C24H17Cl3N4O2. The van der Waals surface area contributed by atoms with E-state index in [4.69, 9.17) is 39.5 Å². The van der Waals surface area contributed by atoms with Gasteiger partial charge in [-0.25, -0.2) is 5.43 Å². The lowest BCUT2D eigenvalue weighted by molar-refractivity contribution is 0.0950. The Kier molecular flexibility index (Phi) is 7.29. The maximum absolute atomic E-state index is 12.5. The molecule has 0 fully saturated rings. The van der Waals surface area contributed by atoms with Gasteiger partial charge in [0.15, 0.2) is 0 Å². The number of hydrogen-bond acceptors (Lipinski definition) is 4. The fraction of sp³-hybridized carbons (Fsp3) is 0.0417. The predicted molar refractivity (Wildman–Crippen MR) is 131 cm³/mol. The van der Waals surface area contributed by atoms with Crippen LogP contribution in [0.15, 0.2) is 77.9 Å². The molecule has 0 aliphatic rings. The number of aromatic nitrogens is 2. The Morgan fingerprint density at radius 3 is 2.61 bits per heavy atom. The zero-order chi connectivity index (χ0) is 23.2. The molecule has 0 aliphatic carbocycles. The molecule has 1 amide bonds. The van der Waals surface area contributed by atoms with Gasteiger partial charge in [0.05, 0.1) is 16.9 Å². The topological polar surface area (TPSA) is 79.4 Å². The molecule has 0 spiro atoms. The van der Waals surface area contributed by atoms with E-state index in [9.17, 15) is 4.79 Å². The second kappa shape index (κ2) is 10.5. The number of H-pyrrole nitrogens is 1. The molecule has 33 heavy (non-hydrogen) atoms. The molecule has 0 saturated heterocycles. The Morgan fingerprint density at radius 1 is 1.00 bits per heavy atom. The van der Waals surface area contributed by atoms with Crippen molar-refractivity contribution in [3.05, 3.63) is 105 Å². The van der Waals surface area contributed by atoms with Crippen molar-refractivity contribution in [2.75, 3.05) is 0 Å². The van der Waals surface area contributed by atoms with Crippen molar-refractivity contribution in [2.24, 2.45) is 5.10 Å². The van der Waals surface area contributed by atoms with E-state index in [0.29, 0.717) is 38.7 Å². The maximum Gasteiger partial charge on any atom is 0.289 e. The molecule has 3 aromatic carbocycles. The molecular weight excluding hydrogens is 483 g/mol. The summed E-state index contributed by atoms with van der Waals surface area (Å²) < 4.78 is 5.98. The lowest BCUT2D eigenvalue weighted by atomic mass is 10.1. The van der Waals surface area contributed by atoms with Crippen molar-refractivity contribution in [2.45, 2.75) is 6.61 Å². The highest BCUT2D eigenvalue weighted by molar-refractivity contribution is 6.36. The number of benzene rings is 3. The zero-order valence-electron chi connectivity index (χ0n) is 17.1. The number of hydrazone groups is 1. The fourth-order valence-corrected chi connectivity index (χ4v) is 3.63. The summed E-state index contributed by atoms with van der Waals surface area (Å²) in [6.07, 6.45) is 1.44. The van der Waals surface area contributed by atoms with E-state index in [-0.39, 0.29) is 5.69 Å². The summed E-state index contributed by atoms with van der Waals surface area (Å²) in [5.41, 5.74) is 5.46. The van der Waals surface area contributed by atoms with Gasteiger partial charge in [-0.15, -0.1) is 0 Å². The van der Waals surface area contributed by atoms with Crippen molar-refractivity contribution in [1.82, 2.24) is 15.6 Å². The summed E-state index contributed by atoms with van der Waals surface area (Å²) in [6, 6.07) is 21.5. The fourth-order valence-electron chi connectivity index (χ4n) is 2.98. The summed E-state index contributed by atoms with van der Waals surface area (Å²) in [6.45, 7) is 0.302. The first-order valence-corrected chi connectivity index (χ1v) is 10.9. The number of aromatic amines is 1. The van der Waals surface area contributed by atoms with E-state index < -0.39 is 5.91 Å². The van der Waals surface area contributed by atoms with Crippen LogP contribution in [0.3, 0.4) is 0 Å². The van der Waals surface area contributed by atoms with Crippen LogP contribution in [-0.2, 0) is 6.61 Å². The van der Waals surface area contributed by atoms with Crippen LogP contribution in [-0.4, -0.2) is 22.3 Å². The Bertz CT molecular complexity index is 1320. The van der Waals surface area contributed by atoms with Gasteiger partial charge in [-0.3, -0.25) is 9.89 Å². The first kappa shape index (κ1) is 22.9. The van der Waals surface area contributed by atoms with Crippen LogP contribution in [0.1, 0.15) is 21.6 Å². The number of amides is 1. The Balaban J connectivity index is 1.45. The van der Waals surface area contributed by atoms with Gasteiger partial charge < -0.3 is 4.74 Å². The highest BCUT2D eigenvalue weighted by Gasteiger charge is 2.14. The van der Waals surface area contributed by atoms with E-state index in [1.807, 2.05) is 48.5 Å². The van der Waals surface area contributed by atoms with Gasteiger partial charge in [0, 0.05) is 26.7 Å². The molecule has 166 valence electrons. The molecule has 4 rings (SSSR count). The van der Waals surface area contributed by atoms with Crippen LogP contribution in [0.5, 0.6) is 5.75 Å². The van der Waals surface area contributed by atoms with Crippen molar-refractivity contribution >= 4 is 46.9 Å². The van der Waals surface area contributed by atoms with Gasteiger partial charge in [0.25, 0.3) is 5.91 Å². The van der Waals surface area contributed by atoms with Crippen LogP contribution in [0, 0.1) is 0 Å². The third-order valence-corrected chi connectivity index (χ3v) is 5.59. The van der Waals surface area contributed by atoms with E-state index in [1.165, 1.54) is 6.21 Å². The predicted octanol–water partition coefficient (Wildman–Crippen LogP) is 6.38. The quantitative estimate of drug-likeness (QED) is 0.229. The lowest BCUT2D eigenvalue weighted by Gasteiger charge is -2.11. The van der Waals surface area contributed by atoms with Crippen molar-refractivity contribution in [3.8, 4) is 17.0 Å². The molecule has 1 heterocycles. The van der Waals surface area contributed by atoms with Crippen LogP contribution < -0.4 is 10.2 Å². The number of nitrogens with zero attached hydrogens (tertiary/aromatic N) is 2. The third-order valence-electron chi connectivity index (χ3n) is 4.66. The Morgan fingerprint density at radius 2 is 1.79 bits per heavy atom. The zero-order valence-corrected chi connectivity index (χ0v) is 19.3. The van der Waals surface area contributed by atoms with Gasteiger partial charge in [-0.05, 0) is 36.4 Å². The first-order chi connectivity index (χ1) is 16.0. The molecule has 0 atom stereocenters. The number of ether oxygens (including phenoxy) is 1. The van der Waals surface area contributed by atoms with Crippen LogP contribution in [0.25, 0.3) is 11.3 Å². The normalized spacial score (nSPS) is 11.0. The van der Waals surface area contributed by atoms with Gasteiger partial charge in [-0.1, -0.05) is 71.2 Å². The summed E-state index contributed by atoms with van der Waals surface area (Å²) in [7, 11) is 0. The summed E-state index contributed by atoms with van der Waals surface area (Å²) >= 11 is 18.2. The standard InChI is InChI=1S/C24H17Cl3N4O2/c25-17-10-9-15(20(27)11-17)13-28-31-24(32)22-12-21(29-30-22)18-6-2-4-8-23(18)33-14-16-5-1-3-7-19(16)26/h1-13H,14H2,(H,29,30)(H,31,32)/b28-13-.